The highest BCUT2D eigenvalue weighted by Crippen LogP contribution is 2.32. The van der Waals surface area contributed by atoms with E-state index in [1.54, 1.807) is 13.3 Å². The van der Waals surface area contributed by atoms with Crippen LogP contribution >= 0.6 is 0 Å². The van der Waals surface area contributed by atoms with E-state index in [0.717, 1.165) is 29.4 Å². The van der Waals surface area contributed by atoms with Gasteiger partial charge in [0.1, 0.15) is 5.82 Å². The van der Waals surface area contributed by atoms with E-state index in [2.05, 4.69) is 30.8 Å². The Kier molecular flexibility index (Phi) is 5.41. The van der Waals surface area contributed by atoms with Gasteiger partial charge in [-0.25, -0.2) is 4.98 Å². The van der Waals surface area contributed by atoms with Gasteiger partial charge in [-0.05, 0) is 24.3 Å². The molecule has 0 amide bonds. The largest absolute Gasteiger partial charge is 0.490 e. The van der Waals surface area contributed by atoms with Gasteiger partial charge < -0.3 is 24.5 Å². The van der Waals surface area contributed by atoms with Crippen LogP contribution in [0.2, 0.25) is 0 Å². The summed E-state index contributed by atoms with van der Waals surface area (Å²) in [6, 6.07) is 9.39. The second kappa shape index (κ2) is 8.47. The van der Waals surface area contributed by atoms with E-state index in [4.69, 9.17) is 13.9 Å². The normalized spacial score (nSPS) is 13.8. The van der Waals surface area contributed by atoms with Crippen molar-refractivity contribution in [1.29, 1.82) is 0 Å². The van der Waals surface area contributed by atoms with Gasteiger partial charge in [0.2, 0.25) is 5.82 Å². The van der Waals surface area contributed by atoms with Crippen LogP contribution in [-0.4, -0.2) is 47.9 Å². The van der Waals surface area contributed by atoms with Gasteiger partial charge >= 0.3 is 0 Å². The smallest absolute Gasteiger partial charge is 0.216 e. The third kappa shape index (κ3) is 4.25. The predicted octanol–water partition coefficient (Wildman–Crippen LogP) is 2.46. The first-order valence-electron chi connectivity index (χ1n) is 9.14. The lowest BCUT2D eigenvalue weighted by molar-refractivity contribution is 0.297. The molecule has 3 aromatic rings. The standard InChI is InChI=1S/C19H22N6O3/c1-20-19(22-13-5-6-14-16(12-13)28-11-3-10-26-14)21-8-7-17-23-18(25-24-17)15-4-2-9-27-15/h2,4-6,9,12H,3,7-8,10-11H2,1H3,(H2,20,21,22)(H,23,24,25). The molecule has 9 nitrogen and oxygen atoms in total. The zero-order valence-electron chi connectivity index (χ0n) is 15.6. The minimum absolute atomic E-state index is 0.551. The van der Waals surface area contributed by atoms with Gasteiger partial charge in [0.25, 0.3) is 0 Å². The molecular formula is C19H22N6O3. The first-order valence-corrected chi connectivity index (χ1v) is 9.14. The first-order chi connectivity index (χ1) is 13.8. The van der Waals surface area contributed by atoms with E-state index in [1.165, 1.54) is 0 Å². The molecule has 0 unspecified atom stereocenters. The van der Waals surface area contributed by atoms with Crippen molar-refractivity contribution in [2.45, 2.75) is 12.8 Å². The summed E-state index contributed by atoms with van der Waals surface area (Å²) in [5.74, 6) is 4.12. The number of hydrogen-bond donors (Lipinski definition) is 3. The number of aliphatic imine (C=N–C) groups is 1. The quantitative estimate of drug-likeness (QED) is 0.459. The summed E-state index contributed by atoms with van der Waals surface area (Å²) >= 11 is 0. The van der Waals surface area contributed by atoms with Crippen LogP contribution in [-0.2, 0) is 6.42 Å². The molecule has 0 aliphatic carbocycles. The van der Waals surface area contributed by atoms with Gasteiger partial charge in [0, 0.05) is 38.2 Å². The van der Waals surface area contributed by atoms with Gasteiger partial charge in [-0.1, -0.05) is 0 Å². The fourth-order valence-corrected chi connectivity index (χ4v) is 2.78. The van der Waals surface area contributed by atoms with E-state index < -0.39 is 0 Å². The summed E-state index contributed by atoms with van der Waals surface area (Å²) in [5, 5.41) is 13.6. The zero-order valence-corrected chi connectivity index (χ0v) is 15.6. The van der Waals surface area contributed by atoms with Crippen molar-refractivity contribution in [3.63, 3.8) is 0 Å². The Morgan fingerprint density at radius 3 is 2.93 bits per heavy atom. The lowest BCUT2D eigenvalue weighted by atomic mass is 10.2. The number of furan rings is 1. The predicted molar refractivity (Wildman–Crippen MR) is 105 cm³/mol. The molecule has 0 spiro atoms. The monoisotopic (exact) mass is 382 g/mol. The lowest BCUT2D eigenvalue weighted by Crippen LogP contribution is -2.32. The summed E-state index contributed by atoms with van der Waals surface area (Å²) in [5.41, 5.74) is 0.872. The maximum Gasteiger partial charge on any atom is 0.216 e. The molecule has 1 aliphatic heterocycles. The molecule has 0 saturated carbocycles. The molecule has 1 aliphatic rings. The fraction of sp³-hybridized carbons (Fsp3) is 0.316. The van der Waals surface area contributed by atoms with Gasteiger partial charge in [0.15, 0.2) is 23.2 Å². The highest BCUT2D eigenvalue weighted by molar-refractivity contribution is 5.93. The minimum atomic E-state index is 0.551. The summed E-state index contributed by atoms with van der Waals surface area (Å²) in [6.07, 6.45) is 3.14. The van der Waals surface area contributed by atoms with Gasteiger partial charge in [-0.3, -0.25) is 10.1 Å². The van der Waals surface area contributed by atoms with Crippen LogP contribution in [0, 0.1) is 0 Å². The SMILES string of the molecule is CN=C(NCCc1nc(-c2ccco2)n[nH]1)Nc1ccc2c(c1)OCCCO2. The van der Waals surface area contributed by atoms with Crippen molar-refractivity contribution in [3.05, 3.63) is 42.4 Å². The number of H-pyrrole nitrogens is 1. The lowest BCUT2D eigenvalue weighted by Gasteiger charge is -2.13. The Labute approximate surface area is 162 Å². The number of aromatic amines is 1. The number of fused-ring (bicyclic) bond motifs is 1. The maximum atomic E-state index is 5.72. The van der Waals surface area contributed by atoms with Crippen molar-refractivity contribution in [1.82, 2.24) is 20.5 Å². The molecule has 0 radical (unpaired) electrons. The van der Waals surface area contributed by atoms with Crippen LogP contribution in [0.1, 0.15) is 12.2 Å². The molecule has 2 aromatic heterocycles. The molecule has 0 bridgehead atoms. The number of nitrogens with zero attached hydrogens (tertiary/aromatic N) is 3. The fourth-order valence-electron chi connectivity index (χ4n) is 2.78. The second-order valence-electron chi connectivity index (χ2n) is 6.17. The molecule has 0 atom stereocenters. The molecule has 4 rings (SSSR count). The Balaban J connectivity index is 1.31. The molecular weight excluding hydrogens is 360 g/mol. The third-order valence-electron chi connectivity index (χ3n) is 4.16. The summed E-state index contributed by atoms with van der Waals surface area (Å²) < 4.78 is 16.7. The molecule has 3 N–H and O–H groups in total. The molecule has 28 heavy (non-hydrogen) atoms. The Bertz CT molecular complexity index is 935. The molecule has 9 heteroatoms. The van der Waals surface area contributed by atoms with E-state index >= 15 is 0 Å². The van der Waals surface area contributed by atoms with Crippen LogP contribution in [0.15, 0.2) is 46.0 Å². The molecule has 146 valence electrons. The van der Waals surface area contributed by atoms with Crippen LogP contribution in [0.3, 0.4) is 0 Å². The first kappa shape index (κ1) is 17.9. The van der Waals surface area contributed by atoms with E-state index in [-0.39, 0.29) is 0 Å². The Morgan fingerprint density at radius 1 is 1.21 bits per heavy atom. The van der Waals surface area contributed by atoms with Crippen molar-refractivity contribution in [2.24, 2.45) is 4.99 Å². The van der Waals surface area contributed by atoms with Crippen LogP contribution in [0.25, 0.3) is 11.6 Å². The summed E-state index contributed by atoms with van der Waals surface area (Å²) in [6.45, 7) is 1.96. The van der Waals surface area contributed by atoms with Crippen LogP contribution < -0.4 is 20.1 Å². The topological polar surface area (TPSA) is 110 Å². The van der Waals surface area contributed by atoms with Gasteiger partial charge in [-0.15, -0.1) is 0 Å². The summed E-state index contributed by atoms with van der Waals surface area (Å²) in [4.78, 5) is 8.68. The van der Waals surface area contributed by atoms with Crippen molar-refractivity contribution >= 4 is 11.6 Å². The van der Waals surface area contributed by atoms with E-state index in [0.29, 0.717) is 43.7 Å². The van der Waals surface area contributed by atoms with Crippen LogP contribution in [0.4, 0.5) is 5.69 Å². The van der Waals surface area contributed by atoms with Crippen LogP contribution in [0.5, 0.6) is 11.5 Å². The molecule has 1 aromatic carbocycles. The second-order valence-corrected chi connectivity index (χ2v) is 6.17. The maximum absolute atomic E-state index is 5.72. The number of anilines is 1. The average molecular weight is 382 g/mol. The van der Waals surface area contributed by atoms with Crippen molar-refractivity contribution in [3.8, 4) is 23.1 Å². The Hall–Kier alpha value is -3.49. The van der Waals surface area contributed by atoms with Gasteiger partial charge in [-0.2, -0.15) is 5.10 Å². The Morgan fingerprint density at radius 2 is 2.11 bits per heavy atom. The number of benzene rings is 1. The van der Waals surface area contributed by atoms with E-state index in [1.807, 2.05) is 30.3 Å². The highest BCUT2D eigenvalue weighted by atomic mass is 16.5. The van der Waals surface area contributed by atoms with Crippen molar-refractivity contribution < 1.29 is 13.9 Å². The van der Waals surface area contributed by atoms with E-state index in [9.17, 15) is 0 Å². The van der Waals surface area contributed by atoms with Gasteiger partial charge in [0.05, 0.1) is 19.5 Å². The average Bonchev–Trinajstić information content (AvgIpc) is 3.35. The summed E-state index contributed by atoms with van der Waals surface area (Å²) in [7, 11) is 1.72. The van der Waals surface area contributed by atoms with Crippen molar-refractivity contribution in [2.75, 3.05) is 32.1 Å². The number of guanidine groups is 1. The molecule has 0 fully saturated rings. The minimum Gasteiger partial charge on any atom is -0.490 e. The third-order valence-corrected chi connectivity index (χ3v) is 4.16. The zero-order chi connectivity index (χ0) is 19.2. The number of hydrogen-bond acceptors (Lipinski definition) is 6. The highest BCUT2D eigenvalue weighted by Gasteiger charge is 2.12. The molecule has 0 saturated heterocycles. The number of rotatable bonds is 5. The number of ether oxygens (including phenoxy) is 2. The number of nitrogens with one attached hydrogen (secondary N) is 3. The molecule has 3 heterocycles. The number of aromatic nitrogens is 3.